The minimum Gasteiger partial charge on any atom is -0.436 e. The summed E-state index contributed by atoms with van der Waals surface area (Å²) in [7, 11) is 0. The Kier molecular flexibility index (Phi) is 2.92. The van der Waals surface area contributed by atoms with Crippen LogP contribution in [0.1, 0.15) is 0 Å². The molecule has 0 aliphatic heterocycles. The number of aromatic nitrogens is 1. The first kappa shape index (κ1) is 11.2. The van der Waals surface area contributed by atoms with Crippen LogP contribution in [-0.4, -0.2) is 4.98 Å². The predicted octanol–water partition coefficient (Wildman–Crippen LogP) is 4.86. The average molecular weight is 400 g/mol. The second-order valence-corrected chi connectivity index (χ2v) is 5.80. The van der Waals surface area contributed by atoms with Gasteiger partial charge in [0, 0.05) is 13.6 Å². The Balaban J connectivity index is 2.14. The molecule has 0 radical (unpaired) electrons. The Bertz CT molecular complexity index is 675. The zero-order chi connectivity index (χ0) is 11.8. The summed E-state index contributed by atoms with van der Waals surface area (Å²) >= 11 is 5.70. The monoisotopic (exact) mass is 399 g/mol. The van der Waals surface area contributed by atoms with E-state index in [0.29, 0.717) is 5.89 Å². The third-order valence-electron chi connectivity index (χ3n) is 2.44. The summed E-state index contributed by atoms with van der Waals surface area (Å²) in [6.07, 6.45) is 0. The number of fused-ring (bicyclic) bond motifs is 1. The molecule has 17 heavy (non-hydrogen) atoms. The highest BCUT2D eigenvalue weighted by atomic mass is 127. The van der Waals surface area contributed by atoms with Crippen LogP contribution in [0, 0.1) is 3.57 Å². The van der Waals surface area contributed by atoms with E-state index in [-0.39, 0.29) is 0 Å². The van der Waals surface area contributed by atoms with E-state index in [4.69, 9.17) is 4.42 Å². The van der Waals surface area contributed by atoms with Crippen molar-refractivity contribution in [1.29, 1.82) is 0 Å². The molecule has 2 aromatic carbocycles. The summed E-state index contributed by atoms with van der Waals surface area (Å²) in [6, 6.07) is 13.9. The van der Waals surface area contributed by atoms with Gasteiger partial charge in [-0.3, -0.25) is 0 Å². The lowest BCUT2D eigenvalue weighted by Gasteiger charge is -1.94. The van der Waals surface area contributed by atoms with E-state index >= 15 is 0 Å². The van der Waals surface area contributed by atoms with E-state index in [9.17, 15) is 0 Å². The Labute approximate surface area is 120 Å². The molecule has 0 aliphatic carbocycles. The van der Waals surface area contributed by atoms with E-state index < -0.39 is 0 Å². The molecule has 3 aromatic rings. The minimum atomic E-state index is 0.662. The molecule has 0 N–H and O–H groups in total. The summed E-state index contributed by atoms with van der Waals surface area (Å²) in [6.45, 7) is 0. The molecule has 0 aliphatic rings. The van der Waals surface area contributed by atoms with Crippen LogP contribution in [0.5, 0.6) is 0 Å². The number of halogens is 2. The van der Waals surface area contributed by atoms with Gasteiger partial charge >= 0.3 is 0 Å². The fraction of sp³-hybridized carbons (Fsp3) is 0. The topological polar surface area (TPSA) is 26.0 Å². The van der Waals surface area contributed by atoms with E-state index in [1.807, 2.05) is 42.5 Å². The Hall–Kier alpha value is -0.880. The fourth-order valence-corrected chi connectivity index (χ4v) is 2.33. The van der Waals surface area contributed by atoms with Gasteiger partial charge in [-0.15, -0.1) is 0 Å². The normalized spacial score (nSPS) is 10.9. The number of oxazole rings is 1. The van der Waals surface area contributed by atoms with Gasteiger partial charge in [0.05, 0.1) is 0 Å². The van der Waals surface area contributed by atoms with Crippen LogP contribution in [0.4, 0.5) is 0 Å². The molecule has 0 saturated carbocycles. The molecule has 1 aromatic heterocycles. The van der Waals surface area contributed by atoms with Gasteiger partial charge in [-0.05, 0) is 65.1 Å². The number of nitrogens with zero attached hydrogens (tertiary/aromatic N) is 1. The molecule has 84 valence electrons. The van der Waals surface area contributed by atoms with Gasteiger partial charge in [-0.1, -0.05) is 15.9 Å². The number of benzene rings is 2. The van der Waals surface area contributed by atoms with Gasteiger partial charge in [0.2, 0.25) is 5.89 Å². The van der Waals surface area contributed by atoms with Crippen molar-refractivity contribution in [2.45, 2.75) is 0 Å². The van der Waals surface area contributed by atoms with Crippen LogP contribution in [0.3, 0.4) is 0 Å². The zero-order valence-electron chi connectivity index (χ0n) is 8.65. The average Bonchev–Trinajstić information content (AvgIpc) is 2.72. The molecule has 0 saturated heterocycles. The second kappa shape index (κ2) is 4.42. The largest absolute Gasteiger partial charge is 0.436 e. The third kappa shape index (κ3) is 2.24. The summed E-state index contributed by atoms with van der Waals surface area (Å²) < 4.78 is 7.92. The van der Waals surface area contributed by atoms with E-state index in [1.54, 1.807) is 0 Å². The van der Waals surface area contributed by atoms with Gasteiger partial charge in [0.15, 0.2) is 5.58 Å². The van der Waals surface area contributed by atoms with Crippen molar-refractivity contribution in [3.63, 3.8) is 0 Å². The van der Waals surface area contributed by atoms with Crippen LogP contribution < -0.4 is 0 Å². The molecule has 4 heteroatoms. The van der Waals surface area contributed by atoms with Crippen LogP contribution in [0.2, 0.25) is 0 Å². The highest BCUT2D eigenvalue weighted by Crippen LogP contribution is 2.26. The maximum Gasteiger partial charge on any atom is 0.227 e. The number of hydrogen-bond donors (Lipinski definition) is 0. The van der Waals surface area contributed by atoms with Crippen molar-refractivity contribution in [1.82, 2.24) is 4.98 Å². The van der Waals surface area contributed by atoms with Gasteiger partial charge in [-0.2, -0.15) is 0 Å². The van der Waals surface area contributed by atoms with Gasteiger partial charge in [0.1, 0.15) is 5.52 Å². The van der Waals surface area contributed by atoms with E-state index in [1.165, 1.54) is 3.57 Å². The second-order valence-electron chi connectivity index (χ2n) is 3.64. The molecule has 0 atom stereocenters. The Morgan fingerprint density at radius 1 is 1.06 bits per heavy atom. The maximum atomic E-state index is 5.71. The maximum absolute atomic E-state index is 5.71. The minimum absolute atomic E-state index is 0.662. The lowest BCUT2D eigenvalue weighted by atomic mass is 10.2. The summed E-state index contributed by atoms with van der Waals surface area (Å²) in [5.41, 5.74) is 2.67. The highest BCUT2D eigenvalue weighted by molar-refractivity contribution is 14.1. The van der Waals surface area contributed by atoms with Crippen LogP contribution in [-0.2, 0) is 0 Å². The van der Waals surface area contributed by atoms with Gasteiger partial charge in [0.25, 0.3) is 0 Å². The molecule has 0 unspecified atom stereocenters. The summed E-state index contributed by atoms with van der Waals surface area (Å²) in [5, 5.41) is 0. The first-order valence-corrected chi connectivity index (χ1v) is 6.91. The fourth-order valence-electron chi connectivity index (χ4n) is 1.62. The van der Waals surface area contributed by atoms with Crippen LogP contribution in [0.15, 0.2) is 51.4 Å². The Morgan fingerprint density at radius 3 is 2.59 bits per heavy atom. The van der Waals surface area contributed by atoms with Crippen molar-refractivity contribution in [3.05, 3.63) is 50.5 Å². The lowest BCUT2D eigenvalue weighted by Crippen LogP contribution is -1.77. The third-order valence-corrected chi connectivity index (χ3v) is 3.65. The molecule has 0 fully saturated rings. The number of rotatable bonds is 1. The van der Waals surface area contributed by atoms with Crippen LogP contribution in [0.25, 0.3) is 22.6 Å². The summed E-state index contributed by atoms with van der Waals surface area (Å²) in [5.74, 6) is 0.662. The first-order chi connectivity index (χ1) is 8.22. The lowest BCUT2D eigenvalue weighted by molar-refractivity contribution is 0.620. The SMILES string of the molecule is Brc1ccc2oc(-c3ccc(I)cc3)nc2c1. The standard InChI is InChI=1S/C13H7BrINO/c14-9-3-6-12-11(7-9)16-13(17-12)8-1-4-10(15)5-2-8/h1-7H. The van der Waals surface area contributed by atoms with Crippen molar-refractivity contribution >= 4 is 49.6 Å². The summed E-state index contributed by atoms with van der Waals surface area (Å²) in [4.78, 5) is 4.47. The van der Waals surface area contributed by atoms with Gasteiger partial charge < -0.3 is 4.42 Å². The van der Waals surface area contributed by atoms with Crippen molar-refractivity contribution in [3.8, 4) is 11.5 Å². The number of hydrogen-bond acceptors (Lipinski definition) is 2. The molecule has 3 rings (SSSR count). The molecule has 0 spiro atoms. The molecular formula is C13H7BrINO. The molecular weight excluding hydrogens is 393 g/mol. The van der Waals surface area contributed by atoms with Crippen LogP contribution >= 0.6 is 38.5 Å². The molecule has 0 amide bonds. The van der Waals surface area contributed by atoms with Gasteiger partial charge in [-0.25, -0.2) is 4.98 Å². The Morgan fingerprint density at radius 2 is 1.82 bits per heavy atom. The molecule has 1 heterocycles. The molecule has 2 nitrogen and oxygen atoms in total. The quantitative estimate of drug-likeness (QED) is 0.546. The van der Waals surface area contributed by atoms with E-state index in [2.05, 4.69) is 43.5 Å². The van der Waals surface area contributed by atoms with Crippen molar-refractivity contribution < 1.29 is 4.42 Å². The predicted molar refractivity (Wildman–Crippen MR) is 79.9 cm³/mol. The van der Waals surface area contributed by atoms with Crippen molar-refractivity contribution in [2.75, 3.05) is 0 Å². The van der Waals surface area contributed by atoms with E-state index in [0.717, 1.165) is 21.1 Å². The highest BCUT2D eigenvalue weighted by Gasteiger charge is 2.07. The van der Waals surface area contributed by atoms with Crippen molar-refractivity contribution in [2.24, 2.45) is 0 Å². The first-order valence-electron chi connectivity index (χ1n) is 5.04. The zero-order valence-corrected chi connectivity index (χ0v) is 12.4. The molecule has 0 bridgehead atoms. The smallest absolute Gasteiger partial charge is 0.227 e.